The van der Waals surface area contributed by atoms with Crippen molar-refractivity contribution in [3.63, 3.8) is 0 Å². The first-order valence-electron chi connectivity index (χ1n) is 8.99. The summed E-state index contributed by atoms with van der Waals surface area (Å²) in [5.41, 5.74) is 0.506. The van der Waals surface area contributed by atoms with Gasteiger partial charge in [0.05, 0.1) is 25.4 Å². The number of carbonyl (C=O) groups excluding carboxylic acids is 1. The zero-order valence-electron chi connectivity index (χ0n) is 15.0. The van der Waals surface area contributed by atoms with Crippen LogP contribution in [0.5, 0.6) is 0 Å². The van der Waals surface area contributed by atoms with Crippen molar-refractivity contribution in [2.24, 2.45) is 11.8 Å². The summed E-state index contributed by atoms with van der Waals surface area (Å²) in [4.78, 5) is 27.6. The third-order valence-corrected chi connectivity index (χ3v) is 4.98. The van der Waals surface area contributed by atoms with Crippen molar-refractivity contribution in [2.45, 2.75) is 31.2 Å². The van der Waals surface area contributed by atoms with E-state index in [9.17, 15) is 18.0 Å². The van der Waals surface area contributed by atoms with Crippen molar-refractivity contribution in [1.29, 1.82) is 0 Å². The number of fused-ring (bicyclic) bond motifs is 1. The molecule has 0 spiro atoms. The number of hydrogen-bond donors (Lipinski definition) is 1. The zero-order valence-corrected chi connectivity index (χ0v) is 15.0. The number of carbonyl (C=O) groups is 2. The van der Waals surface area contributed by atoms with Crippen LogP contribution in [0.4, 0.5) is 13.2 Å². The van der Waals surface area contributed by atoms with E-state index >= 15 is 0 Å². The number of likely N-dealkylation sites (tertiary alicyclic amines) is 1. The van der Waals surface area contributed by atoms with Gasteiger partial charge in [-0.05, 0) is 30.9 Å². The molecular formula is C18H21F3N2O5. The van der Waals surface area contributed by atoms with Crippen LogP contribution < -0.4 is 0 Å². The number of nitrogens with zero attached hydrogens (tertiary/aromatic N) is 2. The first-order valence-corrected chi connectivity index (χ1v) is 8.99. The van der Waals surface area contributed by atoms with E-state index in [1.807, 2.05) is 17.0 Å². The van der Waals surface area contributed by atoms with Crippen molar-refractivity contribution < 1.29 is 37.3 Å². The summed E-state index contributed by atoms with van der Waals surface area (Å²) in [6.45, 7) is 2.82. The number of alkyl halides is 3. The molecular weight excluding hydrogens is 381 g/mol. The number of aliphatic carboxylic acids is 1. The van der Waals surface area contributed by atoms with Crippen molar-refractivity contribution in [3.05, 3.63) is 30.1 Å². The molecule has 1 aromatic rings. The molecule has 0 radical (unpaired) electrons. The molecule has 7 nitrogen and oxygen atoms in total. The molecule has 0 unspecified atom stereocenters. The number of amides is 1. The Morgan fingerprint density at radius 3 is 2.57 bits per heavy atom. The normalized spacial score (nSPS) is 26.4. The Labute approximate surface area is 159 Å². The quantitative estimate of drug-likeness (QED) is 0.829. The molecule has 2 aliphatic heterocycles. The second kappa shape index (κ2) is 8.44. The lowest BCUT2D eigenvalue weighted by atomic mass is 10.0. The number of halogens is 3. The molecule has 1 aromatic heterocycles. The number of ether oxygens (including phenoxy) is 2. The van der Waals surface area contributed by atoms with Gasteiger partial charge < -0.3 is 19.5 Å². The van der Waals surface area contributed by atoms with Gasteiger partial charge in [-0.15, -0.1) is 0 Å². The second-order valence-corrected chi connectivity index (χ2v) is 7.06. The van der Waals surface area contributed by atoms with E-state index in [4.69, 9.17) is 19.4 Å². The highest BCUT2D eigenvalue weighted by Crippen LogP contribution is 2.35. The van der Waals surface area contributed by atoms with E-state index in [2.05, 4.69) is 4.98 Å². The molecule has 1 saturated carbocycles. The highest BCUT2D eigenvalue weighted by Gasteiger charge is 2.48. The van der Waals surface area contributed by atoms with Gasteiger partial charge in [0.25, 0.3) is 5.91 Å². The lowest BCUT2D eigenvalue weighted by Crippen LogP contribution is -2.38. The van der Waals surface area contributed by atoms with Gasteiger partial charge in [-0.3, -0.25) is 9.78 Å². The molecule has 3 atom stereocenters. The molecule has 3 aliphatic rings. The van der Waals surface area contributed by atoms with E-state index < -0.39 is 12.1 Å². The Kier molecular flexibility index (Phi) is 6.19. The molecule has 10 heteroatoms. The Morgan fingerprint density at radius 1 is 1.29 bits per heavy atom. The summed E-state index contributed by atoms with van der Waals surface area (Å²) in [5.74, 6) is -1.70. The number of carboxylic acid groups (broad SMARTS) is 1. The summed E-state index contributed by atoms with van der Waals surface area (Å²) in [5, 5.41) is 7.12. The molecule has 2 saturated heterocycles. The predicted octanol–water partition coefficient (Wildman–Crippen LogP) is 1.98. The Bertz CT molecular complexity index is 696. The van der Waals surface area contributed by atoms with Crippen LogP contribution >= 0.6 is 0 Å². The van der Waals surface area contributed by atoms with Crippen LogP contribution in [0, 0.1) is 11.8 Å². The van der Waals surface area contributed by atoms with Gasteiger partial charge in [-0.2, -0.15) is 13.2 Å². The van der Waals surface area contributed by atoms with E-state index in [-0.39, 0.29) is 18.1 Å². The van der Waals surface area contributed by atoms with E-state index in [1.165, 1.54) is 12.8 Å². The monoisotopic (exact) mass is 402 g/mol. The number of aromatic nitrogens is 1. The summed E-state index contributed by atoms with van der Waals surface area (Å²) >= 11 is 0. The summed E-state index contributed by atoms with van der Waals surface area (Å²) in [6.07, 6.45) is -0.736. The fourth-order valence-corrected chi connectivity index (χ4v) is 3.29. The fourth-order valence-electron chi connectivity index (χ4n) is 3.29. The van der Waals surface area contributed by atoms with E-state index in [0.717, 1.165) is 12.5 Å². The topological polar surface area (TPSA) is 89.0 Å². The SMILES string of the molecule is O=C(O)C(F)(F)F.O=C(c1ccccn1)N1C[C@H](OCC2CC2)[C@H]2COC[C@H]21. The first kappa shape index (κ1) is 20.5. The first-order chi connectivity index (χ1) is 13.3. The van der Waals surface area contributed by atoms with Gasteiger partial charge in [-0.1, -0.05) is 6.07 Å². The van der Waals surface area contributed by atoms with Crippen LogP contribution in [0.1, 0.15) is 23.3 Å². The van der Waals surface area contributed by atoms with Crippen LogP contribution in [0.2, 0.25) is 0 Å². The van der Waals surface area contributed by atoms with Crippen LogP contribution in [0.15, 0.2) is 24.4 Å². The molecule has 1 N–H and O–H groups in total. The number of pyridine rings is 1. The standard InChI is InChI=1S/C16H20N2O3.C2HF3O2/c19-16(13-3-1-2-6-17-13)18-7-15(21-8-11-4-5-11)12-9-20-10-14(12)18;3-2(4,5)1(6)7/h1-3,6,11-12,14-15H,4-5,7-10H2;(H,6,7)/t12-,14+,15-;/m0./s1. The maximum Gasteiger partial charge on any atom is 0.490 e. The second-order valence-electron chi connectivity index (χ2n) is 7.06. The Morgan fingerprint density at radius 2 is 2.00 bits per heavy atom. The van der Waals surface area contributed by atoms with E-state index in [0.29, 0.717) is 31.4 Å². The largest absolute Gasteiger partial charge is 0.490 e. The number of carboxylic acids is 1. The third-order valence-electron chi connectivity index (χ3n) is 4.98. The van der Waals surface area contributed by atoms with E-state index in [1.54, 1.807) is 12.3 Å². The van der Waals surface area contributed by atoms with Crippen LogP contribution in [-0.2, 0) is 14.3 Å². The van der Waals surface area contributed by atoms with Gasteiger partial charge in [0.1, 0.15) is 5.69 Å². The van der Waals surface area contributed by atoms with Gasteiger partial charge in [-0.25, -0.2) is 4.79 Å². The minimum absolute atomic E-state index is 0.00591. The summed E-state index contributed by atoms with van der Waals surface area (Å²) in [7, 11) is 0. The minimum atomic E-state index is -5.08. The molecule has 28 heavy (non-hydrogen) atoms. The van der Waals surface area contributed by atoms with Crippen LogP contribution in [-0.4, -0.2) is 71.6 Å². The highest BCUT2D eigenvalue weighted by atomic mass is 19.4. The summed E-state index contributed by atoms with van der Waals surface area (Å²) < 4.78 is 43.4. The van der Waals surface area contributed by atoms with Crippen molar-refractivity contribution in [1.82, 2.24) is 9.88 Å². The molecule has 4 rings (SSSR count). The van der Waals surface area contributed by atoms with Gasteiger partial charge in [0, 0.05) is 25.3 Å². The maximum absolute atomic E-state index is 12.6. The predicted molar refractivity (Wildman–Crippen MR) is 89.5 cm³/mol. The molecule has 1 aliphatic carbocycles. The van der Waals surface area contributed by atoms with Crippen molar-refractivity contribution in [2.75, 3.05) is 26.4 Å². The maximum atomic E-state index is 12.6. The number of rotatable bonds is 4. The molecule has 0 aromatic carbocycles. The summed E-state index contributed by atoms with van der Waals surface area (Å²) in [6, 6.07) is 5.58. The Hall–Kier alpha value is -2.20. The number of hydrogen-bond acceptors (Lipinski definition) is 5. The van der Waals surface area contributed by atoms with Crippen LogP contribution in [0.3, 0.4) is 0 Å². The lowest BCUT2D eigenvalue weighted by molar-refractivity contribution is -0.192. The average molecular weight is 402 g/mol. The van der Waals surface area contributed by atoms with Crippen molar-refractivity contribution in [3.8, 4) is 0 Å². The minimum Gasteiger partial charge on any atom is -0.475 e. The molecule has 3 fully saturated rings. The zero-order chi connectivity index (χ0) is 20.3. The fraction of sp³-hybridized carbons (Fsp3) is 0.611. The molecule has 1 amide bonds. The highest BCUT2D eigenvalue weighted by molar-refractivity contribution is 5.92. The van der Waals surface area contributed by atoms with Gasteiger partial charge in [0.2, 0.25) is 0 Å². The molecule has 154 valence electrons. The third kappa shape index (κ3) is 4.99. The molecule has 3 heterocycles. The van der Waals surface area contributed by atoms with Gasteiger partial charge >= 0.3 is 12.1 Å². The average Bonchev–Trinajstić information content (AvgIpc) is 3.24. The smallest absolute Gasteiger partial charge is 0.475 e. The lowest BCUT2D eigenvalue weighted by Gasteiger charge is -2.21. The van der Waals surface area contributed by atoms with Crippen LogP contribution in [0.25, 0.3) is 0 Å². The van der Waals surface area contributed by atoms with Crippen molar-refractivity contribution >= 4 is 11.9 Å². The Balaban J connectivity index is 0.000000279. The van der Waals surface area contributed by atoms with Gasteiger partial charge in [0.15, 0.2) is 0 Å². The molecule has 0 bridgehead atoms.